The minimum Gasteiger partial charge on any atom is -0.508 e. The fourth-order valence-corrected chi connectivity index (χ4v) is 1.12. The summed E-state index contributed by atoms with van der Waals surface area (Å²) in [7, 11) is 0. The van der Waals surface area contributed by atoms with Gasteiger partial charge in [0, 0.05) is 5.56 Å². The van der Waals surface area contributed by atoms with E-state index >= 15 is 0 Å². The summed E-state index contributed by atoms with van der Waals surface area (Å²) in [6.45, 7) is -0.0789. The van der Waals surface area contributed by atoms with Crippen molar-refractivity contribution in [1.29, 1.82) is 0 Å². The number of carbonyl (C=O) groups excluding carboxylic acids is 1. The standard InChI is InChI=1S/C8H8ClNO2/c9-7-3-5(11)1-2-6(7)8(12)4-10/h1-3,11H,4,10H2. The second-order valence-corrected chi connectivity index (χ2v) is 2.70. The summed E-state index contributed by atoms with van der Waals surface area (Å²) in [6, 6.07) is 4.16. The van der Waals surface area contributed by atoms with Crippen molar-refractivity contribution in [3.63, 3.8) is 0 Å². The zero-order valence-electron chi connectivity index (χ0n) is 6.25. The lowest BCUT2D eigenvalue weighted by atomic mass is 10.1. The zero-order chi connectivity index (χ0) is 9.14. The van der Waals surface area contributed by atoms with E-state index in [9.17, 15) is 4.79 Å². The molecule has 0 spiro atoms. The van der Waals surface area contributed by atoms with Crippen molar-refractivity contribution in [3.8, 4) is 5.75 Å². The second kappa shape index (κ2) is 3.56. The maximum absolute atomic E-state index is 11.1. The number of halogens is 1. The van der Waals surface area contributed by atoms with Gasteiger partial charge in [0.2, 0.25) is 0 Å². The Labute approximate surface area is 74.8 Å². The molecule has 0 unspecified atom stereocenters. The number of carbonyl (C=O) groups is 1. The van der Waals surface area contributed by atoms with Crippen molar-refractivity contribution >= 4 is 17.4 Å². The summed E-state index contributed by atoms with van der Waals surface area (Å²) in [5, 5.41) is 9.19. The van der Waals surface area contributed by atoms with Crippen LogP contribution in [-0.2, 0) is 0 Å². The number of nitrogens with two attached hydrogens (primary N) is 1. The molecule has 0 radical (unpaired) electrons. The Kier molecular flexibility index (Phi) is 2.68. The Morgan fingerprint density at radius 3 is 2.75 bits per heavy atom. The third-order valence-electron chi connectivity index (χ3n) is 1.44. The SMILES string of the molecule is NCC(=O)c1ccc(O)cc1Cl. The molecule has 0 saturated heterocycles. The van der Waals surface area contributed by atoms with E-state index in [0.717, 1.165) is 0 Å². The molecule has 0 fully saturated rings. The van der Waals surface area contributed by atoms with Gasteiger partial charge in [-0.05, 0) is 18.2 Å². The molecule has 12 heavy (non-hydrogen) atoms. The van der Waals surface area contributed by atoms with Crippen LogP contribution in [0.15, 0.2) is 18.2 Å². The maximum atomic E-state index is 11.1. The number of ketones is 1. The highest BCUT2D eigenvalue weighted by Gasteiger charge is 2.08. The van der Waals surface area contributed by atoms with Crippen LogP contribution in [-0.4, -0.2) is 17.4 Å². The number of hydrogen-bond acceptors (Lipinski definition) is 3. The lowest BCUT2D eigenvalue weighted by Crippen LogP contribution is -2.13. The lowest BCUT2D eigenvalue weighted by molar-refractivity contribution is 0.100. The molecule has 1 aromatic carbocycles. The van der Waals surface area contributed by atoms with Gasteiger partial charge < -0.3 is 10.8 Å². The summed E-state index contributed by atoms with van der Waals surface area (Å²) >= 11 is 5.67. The summed E-state index contributed by atoms with van der Waals surface area (Å²) in [4.78, 5) is 11.1. The third-order valence-corrected chi connectivity index (χ3v) is 1.75. The second-order valence-electron chi connectivity index (χ2n) is 2.29. The molecule has 64 valence electrons. The first-order valence-electron chi connectivity index (χ1n) is 3.37. The number of phenolic OH excluding ortho intramolecular Hbond substituents is 1. The van der Waals surface area contributed by atoms with Gasteiger partial charge in [-0.1, -0.05) is 11.6 Å². The van der Waals surface area contributed by atoms with Gasteiger partial charge in [0.15, 0.2) is 5.78 Å². The van der Waals surface area contributed by atoms with E-state index in [1.807, 2.05) is 0 Å². The first-order valence-corrected chi connectivity index (χ1v) is 3.74. The maximum Gasteiger partial charge on any atom is 0.177 e. The van der Waals surface area contributed by atoms with E-state index in [2.05, 4.69) is 0 Å². The Morgan fingerprint density at radius 2 is 2.25 bits per heavy atom. The molecule has 0 aliphatic rings. The van der Waals surface area contributed by atoms with Gasteiger partial charge in [-0.15, -0.1) is 0 Å². The molecule has 0 atom stereocenters. The summed E-state index contributed by atoms with van der Waals surface area (Å²) in [5.74, 6) is -0.200. The smallest absolute Gasteiger partial charge is 0.177 e. The number of benzene rings is 1. The fourth-order valence-electron chi connectivity index (χ4n) is 0.840. The molecule has 0 heterocycles. The molecular formula is C8H8ClNO2. The predicted octanol–water partition coefficient (Wildman–Crippen LogP) is 1.19. The van der Waals surface area contributed by atoms with Crippen molar-refractivity contribution in [2.45, 2.75) is 0 Å². The van der Waals surface area contributed by atoms with Gasteiger partial charge in [-0.3, -0.25) is 4.79 Å². The monoisotopic (exact) mass is 185 g/mol. The van der Waals surface area contributed by atoms with Crippen molar-refractivity contribution in [1.82, 2.24) is 0 Å². The van der Waals surface area contributed by atoms with Crippen molar-refractivity contribution < 1.29 is 9.90 Å². The first kappa shape index (κ1) is 9.03. The molecular weight excluding hydrogens is 178 g/mol. The van der Waals surface area contributed by atoms with Gasteiger partial charge in [-0.2, -0.15) is 0 Å². The van der Waals surface area contributed by atoms with E-state index in [1.54, 1.807) is 0 Å². The number of aromatic hydroxyl groups is 1. The minimum atomic E-state index is -0.236. The molecule has 0 saturated carbocycles. The Morgan fingerprint density at radius 1 is 1.58 bits per heavy atom. The topological polar surface area (TPSA) is 63.3 Å². The molecule has 3 nitrogen and oxygen atoms in total. The van der Waals surface area contributed by atoms with Crippen LogP contribution in [0.25, 0.3) is 0 Å². The van der Waals surface area contributed by atoms with Crippen molar-refractivity contribution in [2.24, 2.45) is 5.73 Å². The van der Waals surface area contributed by atoms with E-state index < -0.39 is 0 Å². The Hall–Kier alpha value is -1.06. The highest BCUT2D eigenvalue weighted by atomic mass is 35.5. The molecule has 0 aromatic heterocycles. The number of Topliss-reactive ketones (excluding diaryl/α,β-unsaturated/α-hetero) is 1. The number of hydrogen-bond donors (Lipinski definition) is 2. The van der Waals surface area contributed by atoms with Gasteiger partial charge in [0.25, 0.3) is 0 Å². The van der Waals surface area contributed by atoms with Crippen LogP contribution in [0, 0.1) is 0 Å². The zero-order valence-corrected chi connectivity index (χ0v) is 7.01. The first-order chi connectivity index (χ1) is 5.65. The third kappa shape index (κ3) is 1.75. The average molecular weight is 186 g/mol. The van der Waals surface area contributed by atoms with E-state index in [4.69, 9.17) is 22.4 Å². The van der Waals surface area contributed by atoms with Gasteiger partial charge in [0.05, 0.1) is 11.6 Å². The van der Waals surface area contributed by atoms with Crippen molar-refractivity contribution in [2.75, 3.05) is 6.54 Å². The molecule has 0 aliphatic carbocycles. The molecule has 4 heteroatoms. The van der Waals surface area contributed by atoms with Gasteiger partial charge >= 0.3 is 0 Å². The Bertz CT molecular complexity index is 312. The van der Waals surface area contributed by atoms with E-state index in [1.165, 1.54) is 18.2 Å². The van der Waals surface area contributed by atoms with Crippen LogP contribution < -0.4 is 5.73 Å². The van der Waals surface area contributed by atoms with Crippen LogP contribution in [0.4, 0.5) is 0 Å². The van der Waals surface area contributed by atoms with Crippen LogP contribution in [0.1, 0.15) is 10.4 Å². The highest BCUT2D eigenvalue weighted by Crippen LogP contribution is 2.21. The van der Waals surface area contributed by atoms with E-state index in [0.29, 0.717) is 5.56 Å². The molecule has 1 rings (SSSR count). The van der Waals surface area contributed by atoms with Crippen LogP contribution in [0.3, 0.4) is 0 Å². The van der Waals surface area contributed by atoms with E-state index in [-0.39, 0.29) is 23.1 Å². The molecule has 3 N–H and O–H groups in total. The normalized spacial score (nSPS) is 9.83. The molecule has 1 aromatic rings. The average Bonchev–Trinajstić information content (AvgIpc) is 2.03. The minimum absolute atomic E-state index is 0.0357. The van der Waals surface area contributed by atoms with Crippen LogP contribution >= 0.6 is 11.6 Å². The molecule has 0 amide bonds. The van der Waals surface area contributed by atoms with Gasteiger partial charge in [-0.25, -0.2) is 0 Å². The fraction of sp³-hybridized carbons (Fsp3) is 0.125. The number of rotatable bonds is 2. The van der Waals surface area contributed by atoms with Crippen LogP contribution in [0.5, 0.6) is 5.75 Å². The quantitative estimate of drug-likeness (QED) is 0.681. The summed E-state index contributed by atoms with van der Waals surface area (Å²) < 4.78 is 0. The molecule has 0 bridgehead atoms. The largest absolute Gasteiger partial charge is 0.508 e. The highest BCUT2D eigenvalue weighted by molar-refractivity contribution is 6.34. The lowest BCUT2D eigenvalue weighted by Gasteiger charge is -2.00. The summed E-state index contributed by atoms with van der Waals surface area (Å²) in [6.07, 6.45) is 0. The number of phenols is 1. The van der Waals surface area contributed by atoms with Crippen molar-refractivity contribution in [3.05, 3.63) is 28.8 Å². The molecule has 0 aliphatic heterocycles. The van der Waals surface area contributed by atoms with Crippen LogP contribution in [0.2, 0.25) is 5.02 Å². The summed E-state index contributed by atoms with van der Waals surface area (Å²) in [5.41, 5.74) is 5.48. The van der Waals surface area contributed by atoms with Gasteiger partial charge in [0.1, 0.15) is 5.75 Å². The Balaban J connectivity index is 3.09. The predicted molar refractivity (Wildman–Crippen MR) is 46.5 cm³/mol.